The predicted octanol–water partition coefficient (Wildman–Crippen LogP) is 3.95. The summed E-state index contributed by atoms with van der Waals surface area (Å²) in [7, 11) is 0. The van der Waals surface area contributed by atoms with Gasteiger partial charge in [0.15, 0.2) is 11.5 Å². The Kier molecular flexibility index (Phi) is 4.04. The van der Waals surface area contributed by atoms with Crippen LogP contribution in [0, 0.1) is 0 Å². The Balaban J connectivity index is 1.49. The van der Waals surface area contributed by atoms with E-state index in [-0.39, 0.29) is 11.7 Å². The maximum absolute atomic E-state index is 13.1. The van der Waals surface area contributed by atoms with Crippen molar-refractivity contribution in [3.8, 4) is 11.5 Å². The Hall–Kier alpha value is -3.52. The van der Waals surface area contributed by atoms with Gasteiger partial charge in [0, 0.05) is 29.5 Å². The molecule has 4 heterocycles. The van der Waals surface area contributed by atoms with Crippen molar-refractivity contribution in [3.05, 3.63) is 64.7 Å². The number of carbonyl (C=O) groups excluding carboxylic acids is 1. The predicted molar refractivity (Wildman–Crippen MR) is 122 cm³/mol. The van der Waals surface area contributed by atoms with Crippen molar-refractivity contribution < 1.29 is 4.79 Å². The first-order valence-electron chi connectivity index (χ1n) is 10.5. The van der Waals surface area contributed by atoms with E-state index in [1.807, 2.05) is 35.9 Å². The summed E-state index contributed by atoms with van der Waals surface area (Å²) in [5, 5.41) is 3.49. The van der Waals surface area contributed by atoms with Crippen LogP contribution in [0.1, 0.15) is 48.9 Å². The van der Waals surface area contributed by atoms with Crippen LogP contribution in [-0.2, 0) is 10.2 Å². The Labute approximate surface area is 188 Å². The fourth-order valence-electron chi connectivity index (χ4n) is 4.60. The second-order valence-electron chi connectivity index (χ2n) is 8.54. The third-order valence-electron chi connectivity index (χ3n) is 6.67. The third-order valence-corrected chi connectivity index (χ3v) is 6.92. The van der Waals surface area contributed by atoms with Crippen LogP contribution in [0.15, 0.2) is 42.9 Å². The lowest BCUT2D eigenvalue weighted by Crippen LogP contribution is -2.32. The van der Waals surface area contributed by atoms with Crippen molar-refractivity contribution in [3.63, 3.8) is 0 Å². The highest BCUT2D eigenvalue weighted by Gasteiger charge is 2.47. The SMILES string of the molecule is CC1(c2ccc(Cl)cc2)C(=O)Nc2nc(-c3cn4ccnc4c(C4CCC4)n3)nc(N)c21. The summed E-state index contributed by atoms with van der Waals surface area (Å²) in [6.07, 6.45) is 8.89. The zero-order chi connectivity index (χ0) is 22.0. The van der Waals surface area contributed by atoms with Crippen LogP contribution in [0.4, 0.5) is 11.6 Å². The molecule has 2 aliphatic rings. The van der Waals surface area contributed by atoms with Crippen molar-refractivity contribution >= 4 is 34.8 Å². The number of benzene rings is 1. The second-order valence-corrected chi connectivity index (χ2v) is 8.98. The van der Waals surface area contributed by atoms with E-state index in [1.165, 1.54) is 6.42 Å². The van der Waals surface area contributed by atoms with Gasteiger partial charge in [-0.05, 0) is 37.5 Å². The van der Waals surface area contributed by atoms with Crippen molar-refractivity contribution in [2.75, 3.05) is 11.1 Å². The highest BCUT2D eigenvalue weighted by atomic mass is 35.5. The molecular formula is C23H20ClN7O. The average molecular weight is 446 g/mol. The zero-order valence-electron chi connectivity index (χ0n) is 17.3. The van der Waals surface area contributed by atoms with Gasteiger partial charge < -0.3 is 15.5 Å². The smallest absolute Gasteiger partial charge is 0.240 e. The summed E-state index contributed by atoms with van der Waals surface area (Å²) in [6.45, 7) is 1.82. The van der Waals surface area contributed by atoms with Gasteiger partial charge in [0.1, 0.15) is 22.7 Å². The largest absolute Gasteiger partial charge is 0.383 e. The van der Waals surface area contributed by atoms with Gasteiger partial charge in [-0.2, -0.15) is 0 Å². The number of hydrogen-bond acceptors (Lipinski definition) is 6. The van der Waals surface area contributed by atoms with Crippen molar-refractivity contribution in [2.24, 2.45) is 0 Å². The molecule has 0 spiro atoms. The minimum Gasteiger partial charge on any atom is -0.383 e. The van der Waals surface area contributed by atoms with E-state index in [4.69, 9.17) is 22.3 Å². The molecule has 0 bridgehead atoms. The number of halogens is 1. The Morgan fingerprint density at radius 1 is 1.19 bits per heavy atom. The lowest BCUT2D eigenvalue weighted by atomic mass is 9.78. The zero-order valence-corrected chi connectivity index (χ0v) is 18.1. The van der Waals surface area contributed by atoms with Crippen molar-refractivity contribution in [1.82, 2.24) is 24.3 Å². The molecule has 32 heavy (non-hydrogen) atoms. The van der Waals surface area contributed by atoms with Gasteiger partial charge in [0.05, 0.1) is 11.3 Å². The standard InChI is InChI=1S/C23H20ClN7O/c1-23(13-5-7-14(24)8-6-13)16-18(25)28-19(29-20(16)30-22(23)32)15-11-31-10-9-26-21(31)17(27-15)12-3-2-4-12/h5-12H,2-4H2,1H3,(H3,25,28,29,30,32). The summed E-state index contributed by atoms with van der Waals surface area (Å²) in [4.78, 5) is 31.6. The first kappa shape index (κ1) is 19.2. The van der Waals surface area contributed by atoms with Gasteiger partial charge >= 0.3 is 0 Å². The first-order valence-corrected chi connectivity index (χ1v) is 10.9. The number of fused-ring (bicyclic) bond motifs is 2. The molecule has 1 aromatic carbocycles. The number of carbonyl (C=O) groups is 1. The van der Waals surface area contributed by atoms with E-state index < -0.39 is 5.41 Å². The van der Waals surface area contributed by atoms with Crippen LogP contribution in [0.25, 0.3) is 17.2 Å². The molecule has 9 heteroatoms. The van der Waals surface area contributed by atoms with Gasteiger partial charge in [0.2, 0.25) is 5.91 Å². The lowest BCUT2D eigenvalue weighted by molar-refractivity contribution is -0.119. The van der Waals surface area contributed by atoms with Crippen molar-refractivity contribution in [2.45, 2.75) is 37.5 Å². The van der Waals surface area contributed by atoms with E-state index in [0.717, 1.165) is 29.7 Å². The quantitative estimate of drug-likeness (QED) is 0.494. The Morgan fingerprint density at radius 3 is 2.69 bits per heavy atom. The maximum Gasteiger partial charge on any atom is 0.240 e. The summed E-state index contributed by atoms with van der Waals surface area (Å²) in [5.74, 6) is 1.21. The minimum atomic E-state index is -1.01. The number of imidazole rings is 1. The minimum absolute atomic E-state index is 0.207. The molecule has 1 amide bonds. The van der Waals surface area contributed by atoms with Gasteiger partial charge in [-0.3, -0.25) is 4.79 Å². The highest BCUT2D eigenvalue weighted by Crippen LogP contribution is 2.45. The molecule has 1 atom stereocenters. The second kappa shape index (κ2) is 6.74. The molecule has 1 fully saturated rings. The first-order chi connectivity index (χ1) is 15.4. The Morgan fingerprint density at radius 2 is 1.97 bits per heavy atom. The number of nitrogens with zero attached hydrogens (tertiary/aromatic N) is 5. The molecule has 1 aliphatic carbocycles. The van der Waals surface area contributed by atoms with E-state index in [0.29, 0.717) is 33.8 Å². The molecule has 4 aromatic rings. The van der Waals surface area contributed by atoms with E-state index in [9.17, 15) is 4.79 Å². The van der Waals surface area contributed by atoms with Crippen LogP contribution >= 0.6 is 11.6 Å². The molecule has 1 unspecified atom stereocenters. The number of nitrogen functional groups attached to an aromatic ring is 1. The number of nitrogens with two attached hydrogens (primary N) is 1. The fraction of sp³-hybridized carbons (Fsp3) is 0.261. The molecule has 1 aliphatic heterocycles. The van der Waals surface area contributed by atoms with Crippen LogP contribution in [0.2, 0.25) is 5.02 Å². The van der Waals surface area contributed by atoms with Crippen LogP contribution in [0.5, 0.6) is 0 Å². The number of rotatable bonds is 3. The van der Waals surface area contributed by atoms with E-state index in [1.54, 1.807) is 18.3 Å². The Bertz CT molecular complexity index is 1390. The third kappa shape index (κ3) is 2.65. The fourth-order valence-corrected chi connectivity index (χ4v) is 4.73. The molecular weight excluding hydrogens is 426 g/mol. The number of nitrogens with one attached hydrogen (secondary N) is 1. The topological polar surface area (TPSA) is 111 Å². The summed E-state index contributed by atoms with van der Waals surface area (Å²) >= 11 is 6.04. The molecule has 3 N–H and O–H groups in total. The van der Waals surface area contributed by atoms with Gasteiger partial charge in [-0.25, -0.2) is 19.9 Å². The monoisotopic (exact) mass is 445 g/mol. The lowest BCUT2D eigenvalue weighted by Gasteiger charge is -2.25. The normalized spacial score (nSPS) is 20.2. The summed E-state index contributed by atoms with van der Waals surface area (Å²) in [6, 6.07) is 7.16. The van der Waals surface area contributed by atoms with Gasteiger partial charge in [-0.1, -0.05) is 30.2 Å². The number of hydrogen-bond donors (Lipinski definition) is 2. The van der Waals surface area contributed by atoms with Crippen LogP contribution < -0.4 is 11.1 Å². The van der Waals surface area contributed by atoms with E-state index >= 15 is 0 Å². The molecule has 0 saturated heterocycles. The molecule has 1 saturated carbocycles. The number of aromatic nitrogens is 5. The van der Waals surface area contributed by atoms with E-state index in [2.05, 4.69) is 20.3 Å². The van der Waals surface area contributed by atoms with Crippen LogP contribution in [-0.4, -0.2) is 30.2 Å². The molecule has 6 rings (SSSR count). The highest BCUT2D eigenvalue weighted by molar-refractivity contribution is 6.30. The van der Waals surface area contributed by atoms with Gasteiger partial charge in [-0.15, -0.1) is 0 Å². The van der Waals surface area contributed by atoms with Crippen molar-refractivity contribution in [1.29, 1.82) is 0 Å². The molecule has 8 nitrogen and oxygen atoms in total. The number of anilines is 2. The summed E-state index contributed by atoms with van der Waals surface area (Å²) < 4.78 is 1.94. The molecule has 3 aromatic heterocycles. The maximum atomic E-state index is 13.1. The summed E-state index contributed by atoms with van der Waals surface area (Å²) in [5.41, 5.74) is 9.16. The molecule has 0 radical (unpaired) electrons. The average Bonchev–Trinajstić information content (AvgIpc) is 3.30. The number of amides is 1. The van der Waals surface area contributed by atoms with Crippen LogP contribution in [0.3, 0.4) is 0 Å². The van der Waals surface area contributed by atoms with Gasteiger partial charge in [0.25, 0.3) is 0 Å². The molecule has 160 valence electrons.